The van der Waals surface area contributed by atoms with Crippen LogP contribution in [0.15, 0.2) is 16.9 Å². The Morgan fingerprint density at radius 2 is 2.05 bits per heavy atom. The van der Waals surface area contributed by atoms with Gasteiger partial charge in [-0.25, -0.2) is 4.68 Å². The van der Waals surface area contributed by atoms with Crippen LogP contribution in [0, 0.1) is 0 Å². The van der Waals surface area contributed by atoms with Gasteiger partial charge in [0.05, 0.1) is 5.60 Å². The van der Waals surface area contributed by atoms with Gasteiger partial charge in [0.15, 0.2) is 0 Å². The molecule has 114 valence electrons. The Morgan fingerprint density at radius 3 is 2.76 bits per heavy atom. The lowest BCUT2D eigenvalue weighted by molar-refractivity contribution is -0.00693. The molecular weight excluding hydrogens is 270 g/mol. The topological polar surface area (TPSA) is 64.4 Å². The standard InChI is InChI=1S/C15H21N3O3/c1-17-13(19)5-4-12(16-17)14(20)18-9-2-6-15(8-10-18)7-3-11-21-15/h4-5H,2-3,6-11H2,1H3/t15-/m1/s1. The SMILES string of the molecule is Cn1nc(C(=O)N2CCC[C@@]3(CCCO3)CC2)ccc1=O. The predicted molar refractivity (Wildman–Crippen MR) is 77.1 cm³/mol. The molecule has 2 fully saturated rings. The van der Waals surface area contributed by atoms with E-state index in [1.165, 1.54) is 16.8 Å². The molecule has 0 radical (unpaired) electrons. The number of ether oxygens (including phenoxy) is 1. The molecule has 0 saturated carbocycles. The lowest BCUT2D eigenvalue weighted by Gasteiger charge is -2.26. The van der Waals surface area contributed by atoms with Crippen molar-refractivity contribution in [2.24, 2.45) is 7.05 Å². The number of nitrogens with zero attached hydrogens (tertiary/aromatic N) is 3. The average Bonchev–Trinajstić information content (AvgIpc) is 2.83. The van der Waals surface area contributed by atoms with Crippen LogP contribution < -0.4 is 5.56 Å². The van der Waals surface area contributed by atoms with Gasteiger partial charge in [0, 0.05) is 32.8 Å². The first-order valence-corrected chi connectivity index (χ1v) is 7.57. The van der Waals surface area contributed by atoms with E-state index in [0.29, 0.717) is 12.2 Å². The molecule has 6 nitrogen and oxygen atoms in total. The number of carbonyl (C=O) groups is 1. The van der Waals surface area contributed by atoms with Gasteiger partial charge in [-0.05, 0) is 38.2 Å². The third-order valence-corrected chi connectivity index (χ3v) is 4.55. The summed E-state index contributed by atoms with van der Waals surface area (Å²) >= 11 is 0. The molecule has 1 amide bonds. The summed E-state index contributed by atoms with van der Waals surface area (Å²) in [7, 11) is 1.56. The summed E-state index contributed by atoms with van der Waals surface area (Å²) in [5, 5.41) is 4.05. The number of hydrogen-bond acceptors (Lipinski definition) is 4. The highest BCUT2D eigenvalue weighted by molar-refractivity contribution is 5.92. The molecule has 21 heavy (non-hydrogen) atoms. The van der Waals surface area contributed by atoms with Gasteiger partial charge in [-0.2, -0.15) is 5.10 Å². The number of aromatic nitrogens is 2. The van der Waals surface area contributed by atoms with E-state index in [1.807, 2.05) is 4.90 Å². The first kappa shape index (κ1) is 14.3. The van der Waals surface area contributed by atoms with Gasteiger partial charge in [-0.15, -0.1) is 0 Å². The minimum atomic E-state index is -0.208. The van der Waals surface area contributed by atoms with Crippen LogP contribution in [0.4, 0.5) is 0 Å². The summed E-state index contributed by atoms with van der Waals surface area (Å²) in [6.07, 6.45) is 5.10. The van der Waals surface area contributed by atoms with E-state index in [4.69, 9.17) is 4.74 Å². The molecule has 3 heterocycles. The summed E-state index contributed by atoms with van der Waals surface area (Å²) in [5.74, 6) is -0.0966. The number of carbonyl (C=O) groups excluding carboxylic acids is 1. The first-order valence-electron chi connectivity index (χ1n) is 7.57. The smallest absolute Gasteiger partial charge is 0.274 e. The summed E-state index contributed by atoms with van der Waals surface area (Å²) in [6.45, 7) is 2.27. The Kier molecular flexibility index (Phi) is 3.80. The Hall–Kier alpha value is -1.69. The molecule has 1 spiro atoms. The van der Waals surface area contributed by atoms with Crippen molar-refractivity contribution in [2.75, 3.05) is 19.7 Å². The fraction of sp³-hybridized carbons (Fsp3) is 0.667. The van der Waals surface area contributed by atoms with Crippen molar-refractivity contribution < 1.29 is 9.53 Å². The maximum Gasteiger partial charge on any atom is 0.274 e. The molecule has 0 aromatic carbocycles. The number of amides is 1. The van der Waals surface area contributed by atoms with Crippen LogP contribution >= 0.6 is 0 Å². The third kappa shape index (κ3) is 2.85. The molecule has 0 N–H and O–H groups in total. The molecule has 6 heteroatoms. The average molecular weight is 291 g/mol. The van der Waals surface area contributed by atoms with Crippen molar-refractivity contribution in [3.05, 3.63) is 28.2 Å². The molecule has 3 rings (SSSR count). The van der Waals surface area contributed by atoms with Crippen molar-refractivity contribution in [3.63, 3.8) is 0 Å². The fourth-order valence-corrected chi connectivity index (χ4v) is 3.30. The minimum absolute atomic E-state index is 0.00794. The van der Waals surface area contributed by atoms with Gasteiger partial charge >= 0.3 is 0 Å². The van der Waals surface area contributed by atoms with Crippen molar-refractivity contribution >= 4 is 5.91 Å². The van der Waals surface area contributed by atoms with Crippen LogP contribution in [0.1, 0.15) is 42.6 Å². The minimum Gasteiger partial charge on any atom is -0.375 e. The lowest BCUT2D eigenvalue weighted by atomic mass is 9.92. The molecule has 2 aliphatic rings. The Morgan fingerprint density at radius 1 is 1.24 bits per heavy atom. The number of rotatable bonds is 1. The van der Waals surface area contributed by atoms with Crippen LogP contribution in [0.25, 0.3) is 0 Å². The second kappa shape index (κ2) is 5.60. The maximum atomic E-state index is 12.5. The molecule has 2 aliphatic heterocycles. The fourth-order valence-electron chi connectivity index (χ4n) is 3.30. The zero-order valence-electron chi connectivity index (χ0n) is 12.4. The number of aryl methyl sites for hydroxylation is 1. The maximum absolute atomic E-state index is 12.5. The molecule has 1 aromatic heterocycles. The highest BCUT2D eigenvalue weighted by Crippen LogP contribution is 2.35. The van der Waals surface area contributed by atoms with Gasteiger partial charge in [0.2, 0.25) is 0 Å². The second-order valence-corrected chi connectivity index (χ2v) is 5.96. The summed E-state index contributed by atoms with van der Waals surface area (Å²) < 4.78 is 7.13. The molecule has 1 aromatic rings. The van der Waals surface area contributed by atoms with E-state index in [9.17, 15) is 9.59 Å². The van der Waals surface area contributed by atoms with Crippen molar-refractivity contribution in [2.45, 2.75) is 37.7 Å². The summed E-state index contributed by atoms with van der Waals surface area (Å²) in [6, 6.07) is 2.90. The van der Waals surface area contributed by atoms with Crippen LogP contribution in [0.3, 0.4) is 0 Å². The molecule has 0 unspecified atom stereocenters. The Balaban J connectivity index is 1.73. The number of likely N-dealkylation sites (tertiary alicyclic amines) is 1. The second-order valence-electron chi connectivity index (χ2n) is 5.96. The van der Waals surface area contributed by atoms with Crippen molar-refractivity contribution in [1.29, 1.82) is 0 Å². The van der Waals surface area contributed by atoms with Gasteiger partial charge in [0.1, 0.15) is 5.69 Å². The molecule has 2 saturated heterocycles. The quantitative estimate of drug-likeness (QED) is 0.773. The highest BCUT2D eigenvalue weighted by atomic mass is 16.5. The zero-order valence-corrected chi connectivity index (χ0v) is 12.4. The van der Waals surface area contributed by atoms with E-state index in [0.717, 1.165) is 45.3 Å². The molecule has 1 atom stereocenters. The number of hydrogen-bond donors (Lipinski definition) is 0. The zero-order chi connectivity index (χ0) is 14.9. The summed E-state index contributed by atoms with van der Waals surface area (Å²) in [5.41, 5.74) is 0.118. The Bertz CT molecular complexity index is 590. The van der Waals surface area contributed by atoms with Gasteiger partial charge in [0.25, 0.3) is 11.5 Å². The van der Waals surface area contributed by atoms with Crippen molar-refractivity contribution in [3.8, 4) is 0 Å². The molecule has 0 bridgehead atoms. The summed E-state index contributed by atoms with van der Waals surface area (Å²) in [4.78, 5) is 25.7. The van der Waals surface area contributed by atoms with E-state index in [1.54, 1.807) is 7.05 Å². The van der Waals surface area contributed by atoms with E-state index >= 15 is 0 Å². The van der Waals surface area contributed by atoms with Gasteiger partial charge in [-0.3, -0.25) is 9.59 Å². The van der Waals surface area contributed by atoms with Crippen LogP contribution in [-0.2, 0) is 11.8 Å². The normalized spacial score (nSPS) is 26.0. The van der Waals surface area contributed by atoms with Crippen LogP contribution in [0.5, 0.6) is 0 Å². The van der Waals surface area contributed by atoms with Gasteiger partial charge in [-0.1, -0.05) is 0 Å². The lowest BCUT2D eigenvalue weighted by Crippen LogP contribution is -2.35. The third-order valence-electron chi connectivity index (χ3n) is 4.55. The first-order chi connectivity index (χ1) is 10.1. The largest absolute Gasteiger partial charge is 0.375 e. The molecular formula is C15H21N3O3. The Labute approximate surface area is 123 Å². The van der Waals surface area contributed by atoms with Crippen LogP contribution in [-0.4, -0.2) is 45.9 Å². The van der Waals surface area contributed by atoms with Crippen molar-refractivity contribution in [1.82, 2.24) is 14.7 Å². The monoisotopic (exact) mass is 291 g/mol. The van der Waals surface area contributed by atoms with Crippen LogP contribution in [0.2, 0.25) is 0 Å². The highest BCUT2D eigenvalue weighted by Gasteiger charge is 2.37. The molecule has 0 aliphatic carbocycles. The van der Waals surface area contributed by atoms with Gasteiger partial charge < -0.3 is 9.64 Å². The van der Waals surface area contributed by atoms with E-state index < -0.39 is 0 Å². The van der Waals surface area contributed by atoms with E-state index in [-0.39, 0.29) is 17.1 Å². The predicted octanol–water partition coefficient (Wildman–Crippen LogP) is 0.956. The van der Waals surface area contributed by atoms with E-state index in [2.05, 4.69) is 5.10 Å².